The quantitative estimate of drug-likeness (QED) is 0.107. The van der Waals surface area contributed by atoms with Gasteiger partial charge in [-0.25, -0.2) is 0 Å². The second-order valence-electron chi connectivity index (χ2n) is 11.2. The molecule has 1 aliphatic carbocycles. The predicted octanol–water partition coefficient (Wildman–Crippen LogP) is 5.04. The van der Waals surface area contributed by atoms with Crippen molar-refractivity contribution in [2.24, 2.45) is 17.8 Å². The van der Waals surface area contributed by atoms with E-state index in [1.165, 1.54) is 4.90 Å². The number of para-hydroxylation sites is 1. The fourth-order valence-corrected chi connectivity index (χ4v) is 6.50. The molecule has 42 heavy (non-hydrogen) atoms. The van der Waals surface area contributed by atoms with Crippen LogP contribution in [0.3, 0.4) is 0 Å². The van der Waals surface area contributed by atoms with Crippen LogP contribution in [0.2, 0.25) is 0 Å². The first-order valence-corrected chi connectivity index (χ1v) is 14.9. The van der Waals surface area contributed by atoms with Crippen LogP contribution in [-0.4, -0.2) is 62.4 Å². The second-order valence-corrected chi connectivity index (χ2v) is 11.2. The smallest absolute Gasteiger partial charge is 0.303 e. The molecule has 0 saturated carbocycles. The average Bonchev–Trinajstić information content (AvgIpc) is 3.23. The van der Waals surface area contributed by atoms with Crippen LogP contribution < -0.4 is 0 Å². The highest BCUT2D eigenvalue weighted by molar-refractivity contribution is 6.05. The summed E-state index contributed by atoms with van der Waals surface area (Å²) in [5.41, 5.74) is 4.16. The first-order chi connectivity index (χ1) is 20.3. The first kappa shape index (κ1) is 31.2. The molecule has 2 aromatic rings. The van der Waals surface area contributed by atoms with Crippen molar-refractivity contribution in [1.29, 1.82) is 0 Å². The van der Waals surface area contributed by atoms with Crippen LogP contribution in [-0.2, 0) is 14.4 Å². The summed E-state index contributed by atoms with van der Waals surface area (Å²) in [6, 6.07) is 16.8. The molecule has 2 amide bonds. The van der Waals surface area contributed by atoms with Crippen LogP contribution in [0.5, 0.6) is 5.75 Å². The van der Waals surface area contributed by atoms with E-state index in [1.54, 1.807) is 12.1 Å². The molecule has 4 N–H and O–H groups in total. The summed E-state index contributed by atoms with van der Waals surface area (Å²) in [7, 11) is 0. The molecule has 1 heterocycles. The molecule has 0 bridgehead atoms. The number of fused-ring (bicyclic) bond motifs is 1. The van der Waals surface area contributed by atoms with E-state index >= 15 is 0 Å². The van der Waals surface area contributed by atoms with E-state index in [-0.39, 0.29) is 37.1 Å². The van der Waals surface area contributed by atoms with Gasteiger partial charge in [0.1, 0.15) is 5.75 Å². The number of carboxylic acids is 1. The molecular weight excluding hydrogens is 534 g/mol. The maximum atomic E-state index is 13.5. The number of allylic oxidation sites excluding steroid dienone is 2. The molecule has 1 saturated heterocycles. The number of likely N-dealkylation sites (tertiary alicyclic amines) is 1. The zero-order chi connectivity index (χ0) is 30.2. The first-order valence-electron chi connectivity index (χ1n) is 14.9. The van der Waals surface area contributed by atoms with E-state index in [2.05, 4.69) is 0 Å². The fraction of sp³-hybridized carbons (Fsp3) is 0.441. The maximum Gasteiger partial charge on any atom is 0.303 e. The number of aliphatic hydroxyl groups excluding tert-OH is 2. The number of carboxylic acid groups (broad SMARTS) is 1. The van der Waals surface area contributed by atoms with Gasteiger partial charge in [0.05, 0.1) is 24.5 Å². The van der Waals surface area contributed by atoms with E-state index in [1.807, 2.05) is 55.5 Å². The van der Waals surface area contributed by atoms with Crippen molar-refractivity contribution in [3.05, 3.63) is 76.9 Å². The molecule has 0 spiro atoms. The number of amides is 2. The van der Waals surface area contributed by atoms with Crippen molar-refractivity contribution in [2.75, 3.05) is 13.2 Å². The van der Waals surface area contributed by atoms with Gasteiger partial charge in [-0.1, -0.05) is 67.4 Å². The Bertz CT molecular complexity index is 1330. The van der Waals surface area contributed by atoms with Crippen LogP contribution in [0.1, 0.15) is 69.4 Å². The average molecular weight is 576 g/mol. The number of rotatable bonds is 14. The van der Waals surface area contributed by atoms with Crippen molar-refractivity contribution < 1.29 is 34.8 Å². The van der Waals surface area contributed by atoms with Crippen molar-refractivity contribution in [3.63, 3.8) is 0 Å². The molecule has 2 aliphatic rings. The Hall–Kier alpha value is -3.75. The normalized spacial score (nSPS) is 21.5. The third kappa shape index (κ3) is 6.99. The van der Waals surface area contributed by atoms with Crippen LogP contribution in [0.4, 0.5) is 0 Å². The molecule has 1 aliphatic heterocycles. The Morgan fingerprint density at radius 3 is 2.38 bits per heavy atom. The van der Waals surface area contributed by atoms with Gasteiger partial charge in [0, 0.05) is 24.4 Å². The zero-order valence-electron chi connectivity index (χ0n) is 24.1. The molecular formula is C34H41NO7. The highest BCUT2D eigenvalue weighted by Crippen LogP contribution is 2.47. The minimum Gasteiger partial charge on any atom is -0.507 e. The molecule has 8 heteroatoms. The van der Waals surface area contributed by atoms with Gasteiger partial charge < -0.3 is 20.4 Å². The number of aliphatic hydroxyl groups is 2. The summed E-state index contributed by atoms with van der Waals surface area (Å²) in [5.74, 6) is -3.17. The number of unbranched alkanes of at least 4 members (excludes halogenated alkanes) is 2. The van der Waals surface area contributed by atoms with Crippen LogP contribution in [0, 0.1) is 17.8 Å². The molecule has 0 radical (unpaired) electrons. The van der Waals surface area contributed by atoms with Crippen molar-refractivity contribution >= 4 is 29.4 Å². The number of phenolic OH excluding ortho intramolecular Hbond substituents is 1. The van der Waals surface area contributed by atoms with Gasteiger partial charge in [0.25, 0.3) is 0 Å². The highest BCUT2D eigenvalue weighted by atomic mass is 16.4. The van der Waals surface area contributed by atoms with Crippen LogP contribution >= 0.6 is 0 Å². The number of phenols is 1. The summed E-state index contributed by atoms with van der Waals surface area (Å²) in [6.07, 6.45) is 4.48. The number of nitrogens with zero attached hydrogens (tertiary/aromatic N) is 1. The standard InChI is InChI=1S/C34H41NO7/c1-2-22-20-26-32(34(42)35(33(26)41)18-10-4-7-15-30(39)40)27(21-36)31(22)29(38)17-16-24(23-11-5-3-6-12-23)19-25-13-8-9-14-28(25)37/h3,5-6,8-9,11-14,19,26-27,29,32,36-38H,2,4,7,10,15-18,20-21H2,1H3,(H,39,40)/b24-19-/t26-,27+,29-,32-/m1/s1. The van der Waals surface area contributed by atoms with E-state index in [0.29, 0.717) is 56.1 Å². The third-order valence-corrected chi connectivity index (χ3v) is 8.63. The Labute approximate surface area is 247 Å². The number of carbonyl (C=O) groups is 3. The number of hydrogen-bond donors (Lipinski definition) is 4. The Morgan fingerprint density at radius 1 is 1.00 bits per heavy atom. The SMILES string of the molecule is CCC1=C([C@H](O)CC/C(=C/c2ccccc2O)c2ccccc2)[C@H](CO)[C@@H]2C(=O)N(CCCCCC(=O)O)C(=O)[C@@H]2C1. The third-order valence-electron chi connectivity index (χ3n) is 8.63. The number of aromatic hydroxyl groups is 1. The summed E-state index contributed by atoms with van der Waals surface area (Å²) in [6.45, 7) is 1.85. The molecule has 224 valence electrons. The molecule has 0 unspecified atom stereocenters. The maximum absolute atomic E-state index is 13.5. The van der Waals surface area contributed by atoms with Gasteiger partial charge in [-0.2, -0.15) is 0 Å². The van der Waals surface area contributed by atoms with Gasteiger partial charge in [0.15, 0.2) is 0 Å². The molecule has 4 atom stereocenters. The lowest BCUT2D eigenvalue weighted by molar-refractivity contribution is -0.141. The van der Waals surface area contributed by atoms with Crippen molar-refractivity contribution in [1.82, 2.24) is 4.90 Å². The second kappa shape index (κ2) is 14.4. The van der Waals surface area contributed by atoms with E-state index in [9.17, 15) is 29.7 Å². The largest absolute Gasteiger partial charge is 0.507 e. The molecule has 2 aromatic carbocycles. The lowest BCUT2D eigenvalue weighted by atomic mass is 9.67. The summed E-state index contributed by atoms with van der Waals surface area (Å²) in [5, 5.41) is 41.3. The Balaban J connectivity index is 1.53. The fourth-order valence-electron chi connectivity index (χ4n) is 6.50. The van der Waals surface area contributed by atoms with Crippen LogP contribution in [0.25, 0.3) is 11.6 Å². The van der Waals surface area contributed by atoms with E-state index in [0.717, 1.165) is 16.7 Å². The summed E-state index contributed by atoms with van der Waals surface area (Å²) in [4.78, 5) is 38.9. The summed E-state index contributed by atoms with van der Waals surface area (Å²) < 4.78 is 0. The number of aliphatic carboxylic acids is 1. The Morgan fingerprint density at radius 2 is 1.71 bits per heavy atom. The van der Waals surface area contributed by atoms with Gasteiger partial charge in [-0.15, -0.1) is 0 Å². The minimum absolute atomic E-state index is 0.0540. The van der Waals surface area contributed by atoms with Gasteiger partial charge >= 0.3 is 5.97 Å². The Kier molecular flexibility index (Phi) is 10.7. The zero-order valence-corrected chi connectivity index (χ0v) is 24.1. The van der Waals surface area contributed by atoms with Gasteiger partial charge in [-0.3, -0.25) is 19.3 Å². The lowest BCUT2D eigenvalue weighted by Crippen LogP contribution is -2.39. The highest BCUT2D eigenvalue weighted by Gasteiger charge is 2.54. The lowest BCUT2D eigenvalue weighted by Gasteiger charge is -2.36. The monoisotopic (exact) mass is 575 g/mol. The number of imide groups is 1. The summed E-state index contributed by atoms with van der Waals surface area (Å²) >= 11 is 0. The minimum atomic E-state index is -0.914. The number of carbonyl (C=O) groups excluding carboxylic acids is 2. The molecule has 8 nitrogen and oxygen atoms in total. The van der Waals surface area contributed by atoms with E-state index < -0.39 is 29.8 Å². The molecule has 0 aromatic heterocycles. The van der Waals surface area contributed by atoms with E-state index in [4.69, 9.17) is 5.11 Å². The van der Waals surface area contributed by atoms with Crippen molar-refractivity contribution in [2.45, 2.75) is 64.4 Å². The topological polar surface area (TPSA) is 135 Å². The molecule has 1 fully saturated rings. The number of benzene rings is 2. The van der Waals surface area contributed by atoms with Gasteiger partial charge in [-0.05, 0) is 67.4 Å². The molecule has 4 rings (SSSR count). The van der Waals surface area contributed by atoms with Crippen molar-refractivity contribution in [3.8, 4) is 5.75 Å². The van der Waals surface area contributed by atoms with Crippen LogP contribution in [0.15, 0.2) is 65.7 Å². The predicted molar refractivity (Wildman–Crippen MR) is 160 cm³/mol. The van der Waals surface area contributed by atoms with Gasteiger partial charge in [0.2, 0.25) is 11.8 Å². The number of hydrogen-bond acceptors (Lipinski definition) is 6.